The highest BCUT2D eigenvalue weighted by Crippen LogP contribution is 2.18. The average Bonchev–Trinajstić information content (AvgIpc) is 3.40. The van der Waals surface area contributed by atoms with Crippen LogP contribution in [0.25, 0.3) is 0 Å². The summed E-state index contributed by atoms with van der Waals surface area (Å²) in [5, 5.41) is 0. The largest absolute Gasteiger partial charge is 0.462 e. The van der Waals surface area contributed by atoms with Crippen LogP contribution in [0.1, 0.15) is 361 Å². The van der Waals surface area contributed by atoms with Crippen molar-refractivity contribution >= 4 is 17.9 Å². The molecule has 0 bridgehead atoms. The number of hydrogen-bond donors (Lipinski definition) is 0. The first kappa shape index (κ1) is 71.6. The molecule has 0 spiro atoms. The summed E-state index contributed by atoms with van der Waals surface area (Å²) in [6, 6.07) is 0. The second-order valence-corrected chi connectivity index (χ2v) is 22.4. The molecule has 0 heterocycles. The third kappa shape index (κ3) is 60.5. The summed E-state index contributed by atoms with van der Waals surface area (Å²) >= 11 is 0. The van der Waals surface area contributed by atoms with E-state index in [1.807, 2.05) is 0 Å². The molecule has 0 amide bonds. The molecule has 0 aliphatic carbocycles. The molecule has 434 valence electrons. The van der Waals surface area contributed by atoms with E-state index in [1.54, 1.807) is 0 Å². The number of allylic oxidation sites excluding steroid dienone is 6. The molecule has 0 aromatic carbocycles. The van der Waals surface area contributed by atoms with E-state index in [0.717, 1.165) is 83.5 Å². The van der Waals surface area contributed by atoms with Crippen molar-refractivity contribution in [2.24, 2.45) is 0 Å². The quantitative estimate of drug-likeness (QED) is 0.0261. The molecule has 0 aromatic heterocycles. The molecule has 0 aliphatic rings. The van der Waals surface area contributed by atoms with Gasteiger partial charge in [0.25, 0.3) is 0 Å². The maximum Gasteiger partial charge on any atom is 0.306 e. The Labute approximate surface area is 461 Å². The molecule has 6 nitrogen and oxygen atoms in total. The van der Waals surface area contributed by atoms with Crippen molar-refractivity contribution in [2.45, 2.75) is 367 Å². The third-order valence-electron chi connectivity index (χ3n) is 14.9. The van der Waals surface area contributed by atoms with Crippen LogP contribution >= 0.6 is 0 Å². The summed E-state index contributed by atoms with van der Waals surface area (Å²) in [6.45, 7) is 6.64. The number of carbonyl (C=O) groups excluding carboxylic acids is 3. The number of carbonyl (C=O) groups is 3. The number of ether oxygens (including phenoxy) is 3. The Balaban J connectivity index is 4.07. The summed E-state index contributed by atoms with van der Waals surface area (Å²) in [5.41, 5.74) is 0. The van der Waals surface area contributed by atoms with Crippen molar-refractivity contribution in [2.75, 3.05) is 13.2 Å². The molecule has 0 aliphatic heterocycles. The molecular formula is C68H126O6. The first-order valence-corrected chi connectivity index (χ1v) is 33.0. The zero-order valence-corrected chi connectivity index (χ0v) is 49.9. The molecule has 0 N–H and O–H groups in total. The van der Waals surface area contributed by atoms with Gasteiger partial charge in [0.15, 0.2) is 6.10 Å². The van der Waals surface area contributed by atoms with Gasteiger partial charge in [-0.1, -0.05) is 301 Å². The molecule has 0 saturated heterocycles. The van der Waals surface area contributed by atoms with E-state index in [2.05, 4.69) is 57.2 Å². The zero-order valence-electron chi connectivity index (χ0n) is 49.9. The monoisotopic (exact) mass is 1040 g/mol. The minimum absolute atomic E-state index is 0.0731. The predicted molar refractivity (Wildman–Crippen MR) is 321 cm³/mol. The summed E-state index contributed by atoms with van der Waals surface area (Å²) in [6.07, 6.45) is 77.5. The molecule has 0 rings (SSSR count). The highest BCUT2D eigenvalue weighted by atomic mass is 16.6. The van der Waals surface area contributed by atoms with Gasteiger partial charge < -0.3 is 14.2 Å². The lowest BCUT2D eigenvalue weighted by molar-refractivity contribution is -0.167. The van der Waals surface area contributed by atoms with Crippen molar-refractivity contribution in [1.29, 1.82) is 0 Å². The van der Waals surface area contributed by atoms with Gasteiger partial charge in [0.05, 0.1) is 0 Å². The van der Waals surface area contributed by atoms with E-state index >= 15 is 0 Å². The van der Waals surface area contributed by atoms with Crippen molar-refractivity contribution in [3.63, 3.8) is 0 Å². The number of unbranched alkanes of at least 4 members (excludes halogenated alkanes) is 44. The topological polar surface area (TPSA) is 78.9 Å². The Hall–Kier alpha value is -2.37. The average molecular weight is 1040 g/mol. The molecule has 1 atom stereocenters. The van der Waals surface area contributed by atoms with E-state index in [1.165, 1.54) is 238 Å². The van der Waals surface area contributed by atoms with Gasteiger partial charge in [0.1, 0.15) is 13.2 Å². The first-order valence-electron chi connectivity index (χ1n) is 33.0. The van der Waals surface area contributed by atoms with E-state index < -0.39 is 6.10 Å². The van der Waals surface area contributed by atoms with Gasteiger partial charge in [-0.15, -0.1) is 0 Å². The lowest BCUT2D eigenvalue weighted by Crippen LogP contribution is -2.30. The highest BCUT2D eigenvalue weighted by Gasteiger charge is 2.19. The molecule has 6 heteroatoms. The van der Waals surface area contributed by atoms with Crippen molar-refractivity contribution in [3.8, 4) is 0 Å². The summed E-state index contributed by atoms with van der Waals surface area (Å²) < 4.78 is 16.9. The predicted octanol–water partition coefficient (Wildman–Crippen LogP) is 22.4. The van der Waals surface area contributed by atoms with Crippen molar-refractivity contribution in [1.82, 2.24) is 0 Å². The van der Waals surface area contributed by atoms with Gasteiger partial charge in [0.2, 0.25) is 0 Å². The van der Waals surface area contributed by atoms with Crippen LogP contribution in [0.3, 0.4) is 0 Å². The Morgan fingerprint density at radius 2 is 0.486 bits per heavy atom. The summed E-state index contributed by atoms with van der Waals surface area (Å²) in [5.74, 6) is -0.868. The molecule has 74 heavy (non-hydrogen) atoms. The third-order valence-corrected chi connectivity index (χ3v) is 14.9. The van der Waals surface area contributed by atoms with Crippen LogP contribution in [0.2, 0.25) is 0 Å². The van der Waals surface area contributed by atoms with Gasteiger partial charge in [-0.25, -0.2) is 0 Å². The van der Waals surface area contributed by atoms with Crippen LogP contribution in [0.15, 0.2) is 36.5 Å². The second-order valence-electron chi connectivity index (χ2n) is 22.4. The lowest BCUT2D eigenvalue weighted by Gasteiger charge is -2.18. The van der Waals surface area contributed by atoms with Crippen LogP contribution in [0.4, 0.5) is 0 Å². The first-order chi connectivity index (χ1) is 36.5. The van der Waals surface area contributed by atoms with Gasteiger partial charge in [-0.2, -0.15) is 0 Å². The minimum Gasteiger partial charge on any atom is -0.462 e. The molecule has 0 aromatic rings. The summed E-state index contributed by atoms with van der Waals surface area (Å²) in [7, 11) is 0. The zero-order chi connectivity index (χ0) is 53.6. The Bertz CT molecular complexity index is 1240. The highest BCUT2D eigenvalue weighted by molar-refractivity contribution is 5.71. The summed E-state index contributed by atoms with van der Waals surface area (Å²) in [4.78, 5) is 38.2. The maximum absolute atomic E-state index is 12.8. The Morgan fingerprint density at radius 3 is 0.784 bits per heavy atom. The van der Waals surface area contributed by atoms with Crippen LogP contribution in [0.5, 0.6) is 0 Å². The van der Waals surface area contributed by atoms with Gasteiger partial charge in [-0.05, 0) is 77.0 Å². The fourth-order valence-electron chi connectivity index (χ4n) is 9.88. The molecule has 0 radical (unpaired) electrons. The molecular weight excluding hydrogens is 913 g/mol. The van der Waals surface area contributed by atoms with E-state index in [9.17, 15) is 14.4 Å². The van der Waals surface area contributed by atoms with Gasteiger partial charge in [0, 0.05) is 19.3 Å². The van der Waals surface area contributed by atoms with Gasteiger partial charge >= 0.3 is 17.9 Å². The van der Waals surface area contributed by atoms with Crippen LogP contribution in [-0.4, -0.2) is 37.2 Å². The van der Waals surface area contributed by atoms with Crippen molar-refractivity contribution < 1.29 is 28.6 Å². The SMILES string of the molecule is CCCCC/C=C\C/C=C\CCCCCCCC(=O)OC(COC(=O)CCCCCCCCCCCC)COC(=O)CCCCCCCCCCCCCCCCCCCCC/C=C\CCCCCCCCCC. The fraction of sp³-hybridized carbons (Fsp3) is 0.868. The fourth-order valence-corrected chi connectivity index (χ4v) is 9.88. The van der Waals surface area contributed by atoms with Crippen molar-refractivity contribution in [3.05, 3.63) is 36.5 Å². The van der Waals surface area contributed by atoms with E-state index in [-0.39, 0.29) is 31.1 Å². The van der Waals surface area contributed by atoms with Crippen LogP contribution < -0.4 is 0 Å². The standard InChI is InChI=1S/C68H126O6/c1-4-7-10-13-16-19-22-24-26-27-28-29-30-31-32-33-34-35-36-37-38-39-40-41-43-44-46-49-52-55-58-61-67(70)73-64-65(63-72-66(69)60-57-54-51-48-21-18-15-12-9-6-3)74-68(71)62-59-56-53-50-47-45-42-25-23-20-17-14-11-8-5-2/h17,20,25,27-28,42,65H,4-16,18-19,21-24,26,29-41,43-64H2,1-3H3/b20-17-,28-27-,42-25-. The van der Waals surface area contributed by atoms with E-state index in [0.29, 0.717) is 19.3 Å². The van der Waals surface area contributed by atoms with Crippen LogP contribution in [-0.2, 0) is 28.6 Å². The van der Waals surface area contributed by atoms with Gasteiger partial charge in [-0.3, -0.25) is 14.4 Å². The number of rotatable bonds is 61. The Morgan fingerprint density at radius 1 is 0.270 bits per heavy atom. The minimum atomic E-state index is -0.775. The number of esters is 3. The molecule has 0 saturated carbocycles. The second kappa shape index (κ2) is 63.2. The smallest absolute Gasteiger partial charge is 0.306 e. The normalized spacial score (nSPS) is 12.2. The van der Waals surface area contributed by atoms with E-state index in [4.69, 9.17) is 14.2 Å². The lowest BCUT2D eigenvalue weighted by atomic mass is 10.0. The number of hydrogen-bond acceptors (Lipinski definition) is 6. The maximum atomic E-state index is 12.8. The molecule has 0 fully saturated rings. The Kier molecular flexibility index (Phi) is 61.1. The molecule has 1 unspecified atom stereocenters. The van der Waals surface area contributed by atoms with Crippen LogP contribution in [0, 0.1) is 0 Å².